The van der Waals surface area contributed by atoms with Gasteiger partial charge in [-0.25, -0.2) is 8.42 Å². The number of benzene rings is 1. The van der Waals surface area contributed by atoms with Crippen LogP contribution in [0, 0.1) is 24.7 Å². The second kappa shape index (κ2) is 7.91. The lowest BCUT2D eigenvalue weighted by Gasteiger charge is -2.20. The number of carbonyl (C=O) groups is 1. The van der Waals surface area contributed by atoms with E-state index in [1.807, 2.05) is 6.92 Å². The molecule has 1 N–H and O–H groups in total. The van der Waals surface area contributed by atoms with Gasteiger partial charge >= 0.3 is 0 Å². The fourth-order valence-electron chi connectivity index (χ4n) is 4.53. The van der Waals surface area contributed by atoms with Gasteiger partial charge in [0.05, 0.1) is 10.6 Å². The zero-order chi connectivity index (χ0) is 19.7. The first kappa shape index (κ1) is 19.5. The Hall–Kier alpha value is -1.80. The number of hydrogen-bond acceptors (Lipinski definition) is 6. The Labute approximate surface area is 169 Å². The van der Waals surface area contributed by atoms with Crippen molar-refractivity contribution in [3.05, 3.63) is 34.8 Å². The van der Waals surface area contributed by atoms with Crippen LogP contribution in [0.25, 0.3) is 0 Å². The second-order valence-electron chi connectivity index (χ2n) is 8.07. The highest BCUT2D eigenvalue weighted by atomic mass is 32.2. The van der Waals surface area contributed by atoms with Crippen LogP contribution in [-0.2, 0) is 21.1 Å². The quantitative estimate of drug-likeness (QED) is 0.740. The maximum absolute atomic E-state index is 12.4. The van der Waals surface area contributed by atoms with E-state index in [1.54, 1.807) is 24.3 Å². The largest absolute Gasteiger partial charge is 0.301 e. The summed E-state index contributed by atoms with van der Waals surface area (Å²) in [4.78, 5) is 12.6. The summed E-state index contributed by atoms with van der Waals surface area (Å²) >= 11 is 1.25. The van der Waals surface area contributed by atoms with Gasteiger partial charge in [-0.3, -0.25) is 4.79 Å². The van der Waals surface area contributed by atoms with Crippen molar-refractivity contribution in [1.82, 2.24) is 10.2 Å². The molecule has 2 bridgehead atoms. The van der Waals surface area contributed by atoms with Crippen LogP contribution in [0.1, 0.15) is 42.7 Å². The molecule has 4 rings (SSSR count). The minimum absolute atomic E-state index is 0.00692. The van der Waals surface area contributed by atoms with E-state index >= 15 is 0 Å². The lowest BCUT2D eigenvalue weighted by molar-refractivity contribution is -0.117. The summed E-state index contributed by atoms with van der Waals surface area (Å²) in [7, 11) is -3.36. The number of hydrogen-bond donors (Lipinski definition) is 1. The molecule has 1 amide bonds. The van der Waals surface area contributed by atoms with Gasteiger partial charge in [0.25, 0.3) is 0 Å². The molecule has 0 spiro atoms. The molecule has 2 aliphatic rings. The lowest BCUT2D eigenvalue weighted by atomic mass is 9.86. The molecule has 1 aromatic heterocycles. The molecule has 2 saturated carbocycles. The molecule has 3 atom stereocenters. The van der Waals surface area contributed by atoms with E-state index in [2.05, 4.69) is 15.5 Å². The van der Waals surface area contributed by atoms with E-state index in [-0.39, 0.29) is 18.1 Å². The summed E-state index contributed by atoms with van der Waals surface area (Å²) in [5, 5.41) is 12.0. The molecule has 1 heterocycles. The summed E-state index contributed by atoms with van der Waals surface area (Å²) in [6, 6.07) is 6.85. The van der Waals surface area contributed by atoms with Gasteiger partial charge in [0.2, 0.25) is 11.0 Å². The topological polar surface area (TPSA) is 89.0 Å². The molecule has 0 aliphatic heterocycles. The van der Waals surface area contributed by atoms with Crippen molar-refractivity contribution in [3.8, 4) is 0 Å². The van der Waals surface area contributed by atoms with Crippen molar-refractivity contribution in [1.29, 1.82) is 0 Å². The molecule has 2 aromatic rings. The van der Waals surface area contributed by atoms with Crippen molar-refractivity contribution in [2.24, 2.45) is 17.8 Å². The van der Waals surface area contributed by atoms with E-state index < -0.39 is 9.84 Å². The molecule has 2 fully saturated rings. The van der Waals surface area contributed by atoms with E-state index in [0.29, 0.717) is 33.3 Å². The highest BCUT2D eigenvalue weighted by molar-refractivity contribution is 7.91. The Bertz CT molecular complexity index is 953. The van der Waals surface area contributed by atoms with E-state index in [0.717, 1.165) is 11.5 Å². The number of amides is 1. The zero-order valence-corrected chi connectivity index (χ0v) is 17.6. The Morgan fingerprint density at radius 3 is 2.64 bits per heavy atom. The van der Waals surface area contributed by atoms with Crippen LogP contribution in [0.4, 0.5) is 5.13 Å². The van der Waals surface area contributed by atoms with Crippen LogP contribution in [-0.4, -0.2) is 30.3 Å². The molecule has 0 radical (unpaired) electrons. The first-order valence-electron chi connectivity index (χ1n) is 9.81. The highest BCUT2D eigenvalue weighted by Crippen LogP contribution is 2.49. The Morgan fingerprint density at radius 1 is 1.18 bits per heavy atom. The number of rotatable bonds is 7. The van der Waals surface area contributed by atoms with Crippen LogP contribution in [0.15, 0.2) is 29.2 Å². The zero-order valence-electron chi connectivity index (χ0n) is 15.9. The minimum Gasteiger partial charge on any atom is -0.301 e. The fraction of sp³-hybridized carbons (Fsp3) is 0.550. The molecule has 6 nitrogen and oxygen atoms in total. The second-order valence-corrected chi connectivity index (χ2v) is 11.2. The van der Waals surface area contributed by atoms with Gasteiger partial charge in [-0.1, -0.05) is 35.5 Å². The number of carbonyl (C=O) groups excluding carboxylic acids is 1. The molecule has 150 valence electrons. The Balaban J connectivity index is 1.29. The predicted molar refractivity (Wildman–Crippen MR) is 109 cm³/mol. The summed E-state index contributed by atoms with van der Waals surface area (Å²) in [6.07, 6.45) is 5.90. The van der Waals surface area contributed by atoms with Crippen molar-refractivity contribution < 1.29 is 13.2 Å². The van der Waals surface area contributed by atoms with Gasteiger partial charge in [0, 0.05) is 12.8 Å². The summed E-state index contributed by atoms with van der Waals surface area (Å²) in [6.45, 7) is 1.92. The number of aromatic nitrogens is 2. The average molecular weight is 420 g/mol. The van der Waals surface area contributed by atoms with Gasteiger partial charge in [0.15, 0.2) is 9.84 Å². The molecular weight excluding hydrogens is 394 g/mol. The van der Waals surface area contributed by atoms with E-state index in [9.17, 15) is 13.2 Å². The molecule has 8 heteroatoms. The minimum atomic E-state index is -3.36. The summed E-state index contributed by atoms with van der Waals surface area (Å²) in [5.41, 5.74) is 1.02. The number of fused-ring (bicyclic) bond motifs is 2. The number of nitrogens with zero attached hydrogens (tertiary/aromatic N) is 2. The maximum Gasteiger partial charge on any atom is 0.226 e. The smallest absolute Gasteiger partial charge is 0.226 e. The Morgan fingerprint density at radius 2 is 1.96 bits per heavy atom. The molecule has 28 heavy (non-hydrogen) atoms. The van der Waals surface area contributed by atoms with Crippen molar-refractivity contribution in [2.45, 2.75) is 50.3 Å². The highest BCUT2D eigenvalue weighted by Gasteiger charge is 2.40. The van der Waals surface area contributed by atoms with Crippen molar-refractivity contribution >= 4 is 32.2 Å². The van der Waals surface area contributed by atoms with Crippen LogP contribution in [0.5, 0.6) is 0 Å². The van der Waals surface area contributed by atoms with Crippen LogP contribution in [0.2, 0.25) is 0 Å². The van der Waals surface area contributed by atoms with Crippen LogP contribution < -0.4 is 5.32 Å². The third-order valence-corrected chi connectivity index (χ3v) is 8.64. The third-order valence-electron chi connectivity index (χ3n) is 6.01. The van der Waals surface area contributed by atoms with Crippen molar-refractivity contribution in [2.75, 3.05) is 11.1 Å². The number of aryl methyl sites for hydroxylation is 2. The fourth-order valence-corrected chi connectivity index (χ4v) is 6.66. The van der Waals surface area contributed by atoms with E-state index in [1.165, 1.54) is 37.0 Å². The maximum atomic E-state index is 12.4. The molecular formula is C20H25N3O3S2. The summed E-state index contributed by atoms with van der Waals surface area (Å²) in [5.74, 6) is 2.02. The monoisotopic (exact) mass is 419 g/mol. The first-order valence-corrected chi connectivity index (χ1v) is 12.3. The predicted octanol–water partition coefficient (Wildman–Crippen LogP) is 3.63. The summed E-state index contributed by atoms with van der Waals surface area (Å²) < 4.78 is 24.9. The average Bonchev–Trinajstić information content (AvgIpc) is 3.37. The normalized spacial score (nSPS) is 23.8. The lowest BCUT2D eigenvalue weighted by Crippen LogP contribution is -2.20. The van der Waals surface area contributed by atoms with Gasteiger partial charge in [-0.05, 0) is 56.1 Å². The molecule has 1 aromatic carbocycles. The number of sulfone groups is 1. The number of anilines is 1. The SMILES string of the molecule is Cc1ccc(S(=O)(=O)CCc2nnc(NC(=O)C[C@H]3C[C@@H]4CC[C@@H]3C4)s2)cc1. The van der Waals surface area contributed by atoms with Gasteiger partial charge in [0.1, 0.15) is 5.01 Å². The number of nitrogens with one attached hydrogen (secondary N) is 1. The van der Waals surface area contributed by atoms with Crippen molar-refractivity contribution in [3.63, 3.8) is 0 Å². The molecule has 2 aliphatic carbocycles. The van der Waals surface area contributed by atoms with E-state index in [4.69, 9.17) is 0 Å². The Kier molecular flexibility index (Phi) is 5.51. The third kappa shape index (κ3) is 4.43. The standard InChI is InChI=1S/C20H25N3O3S2/c1-13-2-6-17(7-3-13)28(25,26)9-8-19-22-23-20(27-19)21-18(24)12-16-11-14-4-5-15(16)10-14/h2-3,6-7,14-16H,4-5,8-12H2,1H3,(H,21,23,24)/t14-,15-,16-/m1/s1. The first-order chi connectivity index (χ1) is 13.4. The van der Waals surface area contributed by atoms with Gasteiger partial charge < -0.3 is 5.32 Å². The van der Waals surface area contributed by atoms with Gasteiger partial charge in [-0.15, -0.1) is 10.2 Å². The van der Waals surface area contributed by atoms with Gasteiger partial charge in [-0.2, -0.15) is 0 Å². The molecule has 0 saturated heterocycles. The molecule has 0 unspecified atom stereocenters. The van der Waals surface area contributed by atoms with Crippen LogP contribution in [0.3, 0.4) is 0 Å². The van der Waals surface area contributed by atoms with Crippen LogP contribution >= 0.6 is 11.3 Å².